The zero-order valence-corrected chi connectivity index (χ0v) is 19.6. The second-order valence-corrected chi connectivity index (χ2v) is 9.46. The van der Waals surface area contributed by atoms with Gasteiger partial charge in [-0.05, 0) is 54.6 Å². The van der Waals surface area contributed by atoms with E-state index in [9.17, 15) is 22.4 Å². The number of hydrogen-bond acceptors (Lipinski definition) is 6. The lowest BCUT2D eigenvalue weighted by Gasteiger charge is -2.15. The van der Waals surface area contributed by atoms with Crippen molar-refractivity contribution in [1.82, 2.24) is 4.57 Å². The van der Waals surface area contributed by atoms with Gasteiger partial charge in [0.05, 0.1) is 35.7 Å². The molecule has 1 N–H and O–H groups in total. The summed E-state index contributed by atoms with van der Waals surface area (Å²) in [6, 6.07) is 15.6. The number of ether oxygens (including phenoxy) is 2. The molecule has 0 aliphatic rings. The molecule has 0 spiro atoms. The summed E-state index contributed by atoms with van der Waals surface area (Å²) in [6.45, 7) is -0.299. The Balaban J connectivity index is 1.83. The van der Waals surface area contributed by atoms with E-state index in [0.29, 0.717) is 22.7 Å². The number of carbonyl (C=O) groups is 1. The van der Waals surface area contributed by atoms with Crippen molar-refractivity contribution < 1.29 is 27.1 Å². The number of nitrogens with one attached hydrogen (secondary N) is 1. The summed E-state index contributed by atoms with van der Waals surface area (Å²) >= 11 is 0. The van der Waals surface area contributed by atoms with Crippen LogP contribution in [0.2, 0.25) is 0 Å². The number of para-hydroxylation sites is 2. The summed E-state index contributed by atoms with van der Waals surface area (Å²) in [7, 11) is -1.43. The van der Waals surface area contributed by atoms with Gasteiger partial charge in [0.2, 0.25) is 21.2 Å². The number of sulfone groups is 1. The van der Waals surface area contributed by atoms with E-state index >= 15 is 0 Å². The number of aromatic nitrogens is 1. The Hall–Kier alpha value is -4.18. The summed E-state index contributed by atoms with van der Waals surface area (Å²) in [4.78, 5) is 25.4. The van der Waals surface area contributed by atoms with E-state index in [2.05, 4.69) is 5.32 Å². The first-order chi connectivity index (χ1) is 16.7. The number of rotatable bonds is 7. The lowest BCUT2D eigenvalue weighted by Crippen LogP contribution is -2.24. The standard InChI is InChI=1S/C25H21FN2O6S/c1-33-17-9-12-21-19(13-17)25(30)23(35(31,32)18-10-7-16(26)8-11-18)14-28(21)15-24(29)27-20-5-3-4-6-22(20)34-2/h3-14H,15H2,1-2H3,(H,27,29). The van der Waals surface area contributed by atoms with Crippen molar-refractivity contribution in [2.24, 2.45) is 0 Å². The van der Waals surface area contributed by atoms with Crippen molar-refractivity contribution in [3.05, 3.63) is 89.0 Å². The fourth-order valence-corrected chi connectivity index (χ4v) is 5.00. The average molecular weight is 497 g/mol. The number of nitrogens with zero attached hydrogens (tertiary/aromatic N) is 1. The Morgan fingerprint density at radius 2 is 1.71 bits per heavy atom. The van der Waals surface area contributed by atoms with E-state index in [-0.39, 0.29) is 16.8 Å². The summed E-state index contributed by atoms with van der Waals surface area (Å²) in [5.74, 6) is -0.288. The molecule has 0 unspecified atom stereocenters. The van der Waals surface area contributed by atoms with Gasteiger partial charge in [0, 0.05) is 6.20 Å². The highest BCUT2D eigenvalue weighted by Crippen LogP contribution is 2.25. The van der Waals surface area contributed by atoms with Gasteiger partial charge >= 0.3 is 0 Å². The van der Waals surface area contributed by atoms with Crippen LogP contribution < -0.4 is 20.2 Å². The molecule has 0 saturated carbocycles. The molecular weight excluding hydrogens is 475 g/mol. The molecule has 0 saturated heterocycles. The minimum atomic E-state index is -4.32. The first-order valence-electron chi connectivity index (χ1n) is 10.4. The van der Waals surface area contributed by atoms with Crippen molar-refractivity contribution in [2.75, 3.05) is 19.5 Å². The topological polar surface area (TPSA) is 104 Å². The number of hydrogen-bond donors (Lipinski definition) is 1. The van der Waals surface area contributed by atoms with Crippen molar-refractivity contribution in [3.8, 4) is 11.5 Å². The van der Waals surface area contributed by atoms with Gasteiger partial charge in [0.15, 0.2) is 0 Å². The van der Waals surface area contributed by atoms with E-state index in [4.69, 9.17) is 9.47 Å². The van der Waals surface area contributed by atoms with Gasteiger partial charge in [-0.15, -0.1) is 0 Å². The Morgan fingerprint density at radius 1 is 1.00 bits per heavy atom. The van der Waals surface area contributed by atoms with Gasteiger partial charge in [0.25, 0.3) is 0 Å². The maximum Gasteiger partial charge on any atom is 0.244 e. The lowest BCUT2D eigenvalue weighted by atomic mass is 10.2. The van der Waals surface area contributed by atoms with Crippen LogP contribution in [0.15, 0.2) is 87.5 Å². The molecule has 0 radical (unpaired) electrons. The van der Waals surface area contributed by atoms with Crippen LogP contribution in [0, 0.1) is 5.82 Å². The molecule has 8 nitrogen and oxygen atoms in total. The number of fused-ring (bicyclic) bond motifs is 1. The number of amides is 1. The SMILES string of the molecule is COc1ccc2c(c1)c(=O)c(S(=O)(=O)c1ccc(F)cc1)cn2CC(=O)Nc1ccccc1OC. The third kappa shape index (κ3) is 4.73. The van der Waals surface area contributed by atoms with Crippen molar-refractivity contribution >= 4 is 32.3 Å². The first-order valence-corrected chi connectivity index (χ1v) is 11.9. The molecule has 0 aliphatic carbocycles. The molecule has 1 amide bonds. The largest absolute Gasteiger partial charge is 0.497 e. The number of carbonyl (C=O) groups excluding carboxylic acids is 1. The zero-order valence-electron chi connectivity index (χ0n) is 18.8. The monoisotopic (exact) mass is 496 g/mol. The molecule has 0 atom stereocenters. The van der Waals surface area contributed by atoms with Gasteiger partial charge in [-0.25, -0.2) is 12.8 Å². The van der Waals surface area contributed by atoms with Crippen LogP contribution in [-0.2, 0) is 21.2 Å². The predicted octanol–water partition coefficient (Wildman–Crippen LogP) is 3.63. The van der Waals surface area contributed by atoms with E-state index < -0.39 is 31.9 Å². The molecule has 3 aromatic carbocycles. The van der Waals surface area contributed by atoms with E-state index in [1.165, 1.54) is 24.9 Å². The van der Waals surface area contributed by atoms with E-state index in [0.717, 1.165) is 30.5 Å². The van der Waals surface area contributed by atoms with Gasteiger partial charge in [-0.1, -0.05) is 12.1 Å². The molecule has 35 heavy (non-hydrogen) atoms. The Kier molecular flexibility index (Phi) is 6.57. The predicted molar refractivity (Wildman–Crippen MR) is 128 cm³/mol. The van der Waals surface area contributed by atoms with Gasteiger partial charge in [-0.3, -0.25) is 9.59 Å². The number of pyridine rings is 1. The van der Waals surface area contributed by atoms with E-state index in [1.807, 2.05) is 0 Å². The highest BCUT2D eigenvalue weighted by atomic mass is 32.2. The van der Waals surface area contributed by atoms with Gasteiger partial charge in [-0.2, -0.15) is 0 Å². The molecule has 4 aromatic rings. The summed E-state index contributed by atoms with van der Waals surface area (Å²) < 4.78 is 51.8. The normalized spacial score (nSPS) is 11.3. The number of methoxy groups -OCH3 is 2. The molecule has 10 heteroatoms. The fourth-order valence-electron chi connectivity index (χ4n) is 3.63. The molecule has 1 aromatic heterocycles. The fraction of sp³-hybridized carbons (Fsp3) is 0.120. The molecule has 4 rings (SSSR count). The van der Waals surface area contributed by atoms with Crippen LogP contribution >= 0.6 is 0 Å². The maximum absolute atomic E-state index is 13.4. The average Bonchev–Trinajstić information content (AvgIpc) is 2.86. The number of anilines is 1. The van der Waals surface area contributed by atoms with Crippen LogP contribution in [0.4, 0.5) is 10.1 Å². The second kappa shape index (κ2) is 9.59. The molecular formula is C25H21FN2O6S. The number of halogens is 1. The summed E-state index contributed by atoms with van der Waals surface area (Å²) in [6.07, 6.45) is 1.12. The minimum Gasteiger partial charge on any atom is -0.497 e. The molecule has 0 aliphatic heterocycles. The quantitative estimate of drug-likeness (QED) is 0.392. The third-order valence-corrected chi connectivity index (χ3v) is 7.13. The highest BCUT2D eigenvalue weighted by molar-refractivity contribution is 7.91. The van der Waals surface area contributed by atoms with Crippen LogP contribution in [0.1, 0.15) is 0 Å². The van der Waals surface area contributed by atoms with Crippen LogP contribution in [0.5, 0.6) is 11.5 Å². The molecule has 180 valence electrons. The van der Waals surface area contributed by atoms with Gasteiger partial charge in [0.1, 0.15) is 28.8 Å². The third-order valence-electron chi connectivity index (χ3n) is 5.36. The summed E-state index contributed by atoms with van der Waals surface area (Å²) in [5, 5.41) is 2.78. The zero-order chi connectivity index (χ0) is 25.2. The molecule has 1 heterocycles. The maximum atomic E-state index is 13.4. The Labute approximate surface area is 200 Å². The Morgan fingerprint density at radius 3 is 2.40 bits per heavy atom. The summed E-state index contributed by atoms with van der Waals surface area (Å²) in [5.41, 5.74) is 0.0137. The first kappa shape index (κ1) is 24.0. The van der Waals surface area contributed by atoms with Crippen LogP contribution in [-0.4, -0.2) is 33.1 Å². The highest BCUT2D eigenvalue weighted by Gasteiger charge is 2.25. The molecule has 0 bridgehead atoms. The molecule has 0 fully saturated rings. The van der Waals surface area contributed by atoms with Crippen molar-refractivity contribution in [3.63, 3.8) is 0 Å². The van der Waals surface area contributed by atoms with Crippen molar-refractivity contribution in [1.29, 1.82) is 0 Å². The second-order valence-electron chi connectivity index (χ2n) is 7.54. The van der Waals surface area contributed by atoms with Gasteiger partial charge < -0.3 is 19.4 Å². The smallest absolute Gasteiger partial charge is 0.244 e. The number of benzene rings is 3. The van der Waals surface area contributed by atoms with E-state index in [1.54, 1.807) is 36.4 Å². The van der Waals surface area contributed by atoms with Crippen LogP contribution in [0.3, 0.4) is 0 Å². The Bertz CT molecular complexity index is 1580. The minimum absolute atomic E-state index is 0.0534. The van der Waals surface area contributed by atoms with Crippen LogP contribution in [0.25, 0.3) is 10.9 Å². The lowest BCUT2D eigenvalue weighted by molar-refractivity contribution is -0.116. The van der Waals surface area contributed by atoms with Crippen molar-refractivity contribution in [2.45, 2.75) is 16.3 Å².